The smallest absolute Gasteiger partial charge is 0.323 e. The van der Waals surface area contributed by atoms with E-state index in [1.54, 1.807) is 48.1 Å². The number of nitrogens with zero attached hydrogens (tertiary/aromatic N) is 3. The van der Waals surface area contributed by atoms with Crippen LogP contribution in [-0.4, -0.2) is 16.0 Å². The van der Waals surface area contributed by atoms with Gasteiger partial charge in [-0.2, -0.15) is 0 Å². The molecule has 0 saturated carbocycles. The number of rotatable bonds is 5. The maximum atomic E-state index is 14.6. The van der Waals surface area contributed by atoms with Crippen LogP contribution in [-0.2, 0) is 6.54 Å². The Balaban J connectivity index is 1.57. The fourth-order valence-electron chi connectivity index (χ4n) is 4.05. The van der Waals surface area contributed by atoms with Crippen LogP contribution in [0, 0.1) is 5.82 Å². The summed E-state index contributed by atoms with van der Waals surface area (Å²) in [6.07, 6.45) is 5.24. The zero-order chi connectivity index (χ0) is 24.5. The van der Waals surface area contributed by atoms with Crippen LogP contribution >= 0.6 is 11.3 Å². The predicted octanol–water partition coefficient (Wildman–Crippen LogP) is 5.42. The first-order chi connectivity index (χ1) is 17.0. The number of hydrogen-bond acceptors (Lipinski definition) is 6. The maximum Gasteiger partial charge on any atom is 0.323 e. The van der Waals surface area contributed by atoms with Crippen LogP contribution in [0.5, 0.6) is 0 Å². The van der Waals surface area contributed by atoms with Gasteiger partial charge in [0.25, 0.3) is 0 Å². The van der Waals surface area contributed by atoms with Gasteiger partial charge < -0.3 is 17.2 Å². The van der Waals surface area contributed by atoms with E-state index in [0.717, 1.165) is 37.2 Å². The van der Waals surface area contributed by atoms with E-state index in [0.29, 0.717) is 17.1 Å². The number of aromatic nitrogens is 2. The van der Waals surface area contributed by atoms with Crippen LogP contribution < -0.4 is 22.1 Å². The topological polar surface area (TPSA) is 124 Å². The van der Waals surface area contributed by atoms with Gasteiger partial charge in [-0.15, -0.1) is 11.3 Å². The zero-order valence-electron chi connectivity index (χ0n) is 18.5. The number of anilines is 3. The van der Waals surface area contributed by atoms with Crippen molar-refractivity contribution in [3.8, 4) is 22.3 Å². The summed E-state index contributed by atoms with van der Waals surface area (Å²) in [5, 5.41) is 2.88. The molecule has 0 saturated heterocycles. The van der Waals surface area contributed by atoms with Crippen LogP contribution in [0.25, 0.3) is 32.3 Å². The molecule has 6 N–H and O–H groups in total. The minimum atomic E-state index is -0.803. The van der Waals surface area contributed by atoms with Crippen molar-refractivity contribution in [3.05, 3.63) is 89.9 Å². The SMILES string of the molecule is NCc1ccc(F)c(N(C(N)=O)c2ccc(-c3csc4c(-c5ccncc5)cnc(N)c34)cc2)c1. The average molecular weight is 485 g/mol. The maximum absolute atomic E-state index is 14.6. The highest BCUT2D eigenvalue weighted by atomic mass is 32.1. The summed E-state index contributed by atoms with van der Waals surface area (Å²) in [6, 6.07) is 14.5. The Labute approximate surface area is 204 Å². The normalized spacial score (nSPS) is 11.0. The zero-order valence-corrected chi connectivity index (χ0v) is 19.3. The fraction of sp³-hybridized carbons (Fsp3) is 0.0385. The Kier molecular flexibility index (Phi) is 5.86. The van der Waals surface area contributed by atoms with E-state index in [4.69, 9.17) is 17.2 Å². The number of carbonyl (C=O) groups excluding carboxylic acids is 1. The lowest BCUT2D eigenvalue weighted by atomic mass is 10.0. The molecule has 5 rings (SSSR count). The molecule has 0 aliphatic rings. The molecule has 0 bridgehead atoms. The third-order valence-electron chi connectivity index (χ3n) is 5.76. The first kappa shape index (κ1) is 22.5. The summed E-state index contributed by atoms with van der Waals surface area (Å²) in [7, 11) is 0. The predicted molar refractivity (Wildman–Crippen MR) is 139 cm³/mol. The van der Waals surface area contributed by atoms with E-state index in [9.17, 15) is 9.18 Å². The number of pyridine rings is 2. The summed E-state index contributed by atoms with van der Waals surface area (Å²) >= 11 is 1.58. The van der Waals surface area contributed by atoms with Crippen molar-refractivity contribution >= 4 is 44.6 Å². The second-order valence-corrected chi connectivity index (χ2v) is 8.74. The van der Waals surface area contributed by atoms with Crippen LogP contribution in [0.2, 0.25) is 0 Å². The summed E-state index contributed by atoms with van der Waals surface area (Å²) < 4.78 is 15.6. The number of nitrogens with two attached hydrogens (primary N) is 3. The second kappa shape index (κ2) is 9.13. The number of primary amides is 1. The molecule has 3 heterocycles. The number of fused-ring (bicyclic) bond motifs is 1. The van der Waals surface area contributed by atoms with Gasteiger partial charge in [0.1, 0.15) is 11.6 Å². The van der Waals surface area contributed by atoms with Crippen molar-refractivity contribution in [2.45, 2.75) is 6.54 Å². The second-order valence-electron chi connectivity index (χ2n) is 7.86. The van der Waals surface area contributed by atoms with Crippen LogP contribution in [0.4, 0.5) is 26.4 Å². The monoisotopic (exact) mass is 484 g/mol. The molecule has 2 aromatic carbocycles. The molecular formula is C26H21FN6OS. The highest BCUT2D eigenvalue weighted by Gasteiger charge is 2.20. The van der Waals surface area contributed by atoms with Crippen molar-refractivity contribution < 1.29 is 9.18 Å². The number of thiophene rings is 1. The fourth-order valence-corrected chi connectivity index (χ4v) is 5.17. The number of benzene rings is 2. The average Bonchev–Trinajstić information content (AvgIpc) is 3.32. The molecule has 174 valence electrons. The van der Waals surface area contributed by atoms with Crippen molar-refractivity contribution in [2.24, 2.45) is 11.5 Å². The number of halogens is 1. The number of nitrogen functional groups attached to an aromatic ring is 1. The van der Waals surface area contributed by atoms with Gasteiger partial charge in [0, 0.05) is 46.3 Å². The third-order valence-corrected chi connectivity index (χ3v) is 6.77. The van der Waals surface area contributed by atoms with Crippen LogP contribution in [0.3, 0.4) is 0 Å². The van der Waals surface area contributed by atoms with Gasteiger partial charge in [0.05, 0.1) is 11.4 Å². The molecular weight excluding hydrogens is 463 g/mol. The minimum Gasteiger partial charge on any atom is -0.383 e. The third kappa shape index (κ3) is 4.07. The molecule has 0 fully saturated rings. The lowest BCUT2D eigenvalue weighted by molar-refractivity contribution is 0.256. The number of carbonyl (C=O) groups is 1. The molecule has 0 aliphatic heterocycles. The van der Waals surface area contributed by atoms with E-state index in [-0.39, 0.29) is 12.2 Å². The summed E-state index contributed by atoms with van der Waals surface area (Å²) in [5.41, 5.74) is 22.5. The largest absolute Gasteiger partial charge is 0.383 e. The Morgan fingerprint density at radius 3 is 2.40 bits per heavy atom. The highest BCUT2D eigenvalue weighted by molar-refractivity contribution is 7.18. The summed E-state index contributed by atoms with van der Waals surface area (Å²) in [4.78, 5) is 21.9. The molecule has 5 aromatic rings. The quantitative estimate of drug-likeness (QED) is 0.307. The molecule has 9 heteroatoms. The number of urea groups is 1. The van der Waals surface area contributed by atoms with Crippen LogP contribution in [0.1, 0.15) is 5.56 Å². The van der Waals surface area contributed by atoms with Gasteiger partial charge in [-0.3, -0.25) is 9.88 Å². The summed E-state index contributed by atoms with van der Waals surface area (Å²) in [6.45, 7) is 0.209. The van der Waals surface area contributed by atoms with E-state index in [1.807, 2.05) is 29.6 Å². The van der Waals surface area contributed by atoms with Gasteiger partial charge in [0.15, 0.2) is 0 Å². The lowest BCUT2D eigenvalue weighted by Gasteiger charge is -2.22. The Morgan fingerprint density at radius 1 is 1.00 bits per heavy atom. The first-order valence-electron chi connectivity index (χ1n) is 10.7. The molecule has 35 heavy (non-hydrogen) atoms. The Morgan fingerprint density at radius 2 is 1.71 bits per heavy atom. The van der Waals surface area contributed by atoms with Crippen molar-refractivity contribution in [1.29, 1.82) is 0 Å². The molecule has 0 aliphatic carbocycles. The van der Waals surface area contributed by atoms with Crippen molar-refractivity contribution in [2.75, 3.05) is 10.6 Å². The Bertz CT molecular complexity index is 1540. The van der Waals surface area contributed by atoms with E-state index < -0.39 is 11.8 Å². The van der Waals surface area contributed by atoms with E-state index in [2.05, 4.69) is 9.97 Å². The number of amides is 2. The summed E-state index contributed by atoms with van der Waals surface area (Å²) in [5.74, 6) is -0.144. The molecule has 3 aromatic heterocycles. The molecule has 0 spiro atoms. The molecule has 0 radical (unpaired) electrons. The van der Waals surface area contributed by atoms with Gasteiger partial charge in [-0.25, -0.2) is 14.2 Å². The van der Waals surface area contributed by atoms with Crippen molar-refractivity contribution in [3.63, 3.8) is 0 Å². The molecule has 7 nitrogen and oxygen atoms in total. The Hall–Kier alpha value is -4.34. The van der Waals surface area contributed by atoms with E-state index >= 15 is 0 Å². The van der Waals surface area contributed by atoms with Gasteiger partial charge in [-0.1, -0.05) is 18.2 Å². The molecule has 0 unspecified atom stereocenters. The van der Waals surface area contributed by atoms with Gasteiger partial charge >= 0.3 is 6.03 Å². The minimum absolute atomic E-state index is 0.0459. The standard InChI is InChI=1S/C26H21FN6OS/c27-21-6-1-15(12-28)11-22(21)33(26(30)34)18-4-2-16(3-5-18)20-14-35-24-19(13-32-25(29)23(20)24)17-7-9-31-10-8-17/h1-11,13-14H,12,28H2,(H2,29,32)(H2,30,34). The van der Waals surface area contributed by atoms with Crippen LogP contribution in [0.15, 0.2) is 78.6 Å². The van der Waals surface area contributed by atoms with Gasteiger partial charge in [-0.05, 0) is 58.5 Å². The van der Waals surface area contributed by atoms with Crippen molar-refractivity contribution in [1.82, 2.24) is 9.97 Å². The lowest BCUT2D eigenvalue weighted by Crippen LogP contribution is -2.32. The van der Waals surface area contributed by atoms with E-state index in [1.165, 1.54) is 12.1 Å². The number of hydrogen-bond donors (Lipinski definition) is 3. The molecule has 2 amide bonds. The molecule has 0 atom stereocenters. The van der Waals surface area contributed by atoms with Gasteiger partial charge in [0.2, 0.25) is 0 Å². The first-order valence-corrected chi connectivity index (χ1v) is 11.6. The highest BCUT2D eigenvalue weighted by Crippen LogP contribution is 2.42.